The van der Waals surface area contributed by atoms with E-state index in [1.165, 1.54) is 18.1 Å². The van der Waals surface area contributed by atoms with E-state index >= 15 is 0 Å². The van der Waals surface area contributed by atoms with Crippen LogP contribution >= 0.6 is 0 Å². The highest BCUT2D eigenvalue weighted by molar-refractivity contribution is 5.92. The van der Waals surface area contributed by atoms with E-state index in [0.29, 0.717) is 28.7 Å². The summed E-state index contributed by atoms with van der Waals surface area (Å²) in [6.07, 6.45) is 2.16. The second-order valence-corrected chi connectivity index (χ2v) is 15.5. The smallest absolute Gasteiger partial charge is 0.349 e. The molecule has 0 fully saturated rings. The minimum absolute atomic E-state index is 0.281. The van der Waals surface area contributed by atoms with Gasteiger partial charge < -0.3 is 28.6 Å². The second-order valence-electron chi connectivity index (χ2n) is 15.5. The van der Waals surface area contributed by atoms with Crippen LogP contribution in [-0.2, 0) is 9.59 Å². The fraction of sp³-hybridized carbons (Fsp3) is 0.164. The molecule has 7 aromatic carbocycles. The van der Waals surface area contributed by atoms with E-state index in [4.69, 9.17) is 23.7 Å². The van der Waals surface area contributed by atoms with Crippen molar-refractivity contribution < 1.29 is 33.3 Å². The summed E-state index contributed by atoms with van der Waals surface area (Å²) in [6.45, 7) is 12.9. The Morgan fingerprint density at radius 1 is 0.492 bits per heavy atom. The Kier molecular flexibility index (Phi) is 13.4. The lowest BCUT2D eigenvalue weighted by Crippen LogP contribution is -2.18. The first-order valence-electron chi connectivity index (χ1n) is 20.8. The summed E-state index contributed by atoms with van der Waals surface area (Å²) in [7, 11) is 1.65. The molecule has 0 saturated carbocycles. The predicted octanol–water partition coefficient (Wildman–Crippen LogP) is 13.3. The minimum atomic E-state index is -0.532. The number of carbonyl (C=O) groups is 2. The molecule has 0 atom stereocenters. The lowest BCUT2D eigenvalue weighted by molar-refractivity contribution is -0.136. The van der Waals surface area contributed by atoms with Gasteiger partial charge in [0, 0.05) is 24.0 Å². The van der Waals surface area contributed by atoms with Crippen LogP contribution in [0, 0.1) is 41.5 Å². The standard InChI is InChI=1S/C55H51NO7/c1-35-9-19-45(20-10-35)56(46-21-11-36(2)12-22-46)47-23-13-42(14-24-47)33-50(43-15-25-48(59-8)26-16-43)44-17-27-49(28-18-44)62-55(58)34-60-51-29-30-53(38(4)37(51)3)63-54-32-31-52(61-41(7)57)39(5)40(54)6/h9-33H,34H2,1-8H3. The molecule has 0 spiro atoms. The van der Waals surface area contributed by atoms with Crippen LogP contribution in [0.3, 0.4) is 0 Å². The SMILES string of the molecule is COc1ccc(C(=Cc2ccc(N(c3ccc(C)cc3)c3ccc(C)cc3)cc2)c2ccc(OC(=O)COc3ccc(Oc4ccc(OC(C)=O)c(C)c4C)c(C)c3C)cc2)cc1. The van der Waals surface area contributed by atoms with Gasteiger partial charge in [0.2, 0.25) is 0 Å². The van der Waals surface area contributed by atoms with E-state index in [2.05, 4.69) is 97.6 Å². The number of carbonyl (C=O) groups excluding carboxylic acids is 2. The van der Waals surface area contributed by atoms with Crippen molar-refractivity contribution in [2.24, 2.45) is 0 Å². The molecule has 0 radical (unpaired) electrons. The first-order chi connectivity index (χ1) is 30.4. The molecule has 0 aliphatic heterocycles. The number of anilines is 3. The molecule has 0 heterocycles. The maximum absolute atomic E-state index is 13.1. The number of esters is 2. The van der Waals surface area contributed by atoms with Crippen molar-refractivity contribution in [2.75, 3.05) is 18.6 Å². The highest BCUT2D eigenvalue weighted by Gasteiger charge is 2.17. The zero-order chi connectivity index (χ0) is 44.6. The number of rotatable bonds is 14. The van der Waals surface area contributed by atoms with E-state index in [-0.39, 0.29) is 12.6 Å². The first-order valence-corrected chi connectivity index (χ1v) is 20.8. The number of hydrogen-bond acceptors (Lipinski definition) is 8. The number of methoxy groups -OCH3 is 1. The number of hydrogen-bond donors (Lipinski definition) is 0. The molecule has 0 N–H and O–H groups in total. The van der Waals surface area contributed by atoms with Crippen LogP contribution in [0.4, 0.5) is 17.1 Å². The first kappa shape index (κ1) is 43.5. The number of benzene rings is 7. The van der Waals surface area contributed by atoms with Crippen molar-refractivity contribution in [2.45, 2.75) is 48.5 Å². The van der Waals surface area contributed by atoms with Crippen molar-refractivity contribution in [1.82, 2.24) is 0 Å². The molecule has 7 aromatic rings. The second kappa shape index (κ2) is 19.4. The van der Waals surface area contributed by atoms with Crippen LogP contribution in [0.5, 0.6) is 34.5 Å². The zero-order valence-corrected chi connectivity index (χ0v) is 36.9. The molecule has 8 nitrogen and oxygen atoms in total. The van der Waals surface area contributed by atoms with Gasteiger partial charge in [-0.2, -0.15) is 0 Å². The molecule has 0 saturated heterocycles. The molecule has 7 rings (SSSR count). The van der Waals surface area contributed by atoms with Crippen LogP contribution in [0.15, 0.2) is 146 Å². The Morgan fingerprint density at radius 2 is 0.921 bits per heavy atom. The summed E-state index contributed by atoms with van der Waals surface area (Å²) in [6, 6.07) is 48.2. The van der Waals surface area contributed by atoms with E-state index in [0.717, 1.165) is 67.3 Å². The van der Waals surface area contributed by atoms with Gasteiger partial charge in [-0.1, -0.05) is 71.8 Å². The molecule has 0 amide bonds. The molecule has 0 unspecified atom stereocenters. The third kappa shape index (κ3) is 10.5. The minimum Gasteiger partial charge on any atom is -0.497 e. The van der Waals surface area contributed by atoms with Crippen molar-refractivity contribution in [1.29, 1.82) is 0 Å². The quantitative estimate of drug-likeness (QED) is 0.0608. The third-order valence-electron chi connectivity index (χ3n) is 11.0. The third-order valence-corrected chi connectivity index (χ3v) is 11.0. The number of nitrogens with zero attached hydrogens (tertiary/aromatic N) is 1. The van der Waals surface area contributed by atoms with Gasteiger partial charge in [-0.3, -0.25) is 4.79 Å². The fourth-order valence-electron chi connectivity index (χ4n) is 7.13. The van der Waals surface area contributed by atoms with Gasteiger partial charge in [-0.25, -0.2) is 4.79 Å². The monoisotopic (exact) mass is 837 g/mol. The fourth-order valence-corrected chi connectivity index (χ4v) is 7.13. The Bertz CT molecular complexity index is 2710. The molecule has 318 valence electrons. The lowest BCUT2D eigenvalue weighted by atomic mass is 9.95. The lowest BCUT2D eigenvalue weighted by Gasteiger charge is -2.26. The molecule has 63 heavy (non-hydrogen) atoms. The summed E-state index contributed by atoms with van der Waals surface area (Å²) >= 11 is 0. The largest absolute Gasteiger partial charge is 0.497 e. The average molecular weight is 838 g/mol. The van der Waals surface area contributed by atoms with Crippen LogP contribution in [-0.4, -0.2) is 25.7 Å². The topological polar surface area (TPSA) is 83.5 Å². The molecule has 8 heteroatoms. The predicted molar refractivity (Wildman–Crippen MR) is 251 cm³/mol. The van der Waals surface area contributed by atoms with Gasteiger partial charge in [0.15, 0.2) is 6.61 Å². The van der Waals surface area contributed by atoms with Gasteiger partial charge in [0.25, 0.3) is 0 Å². The van der Waals surface area contributed by atoms with Crippen LogP contribution in [0.25, 0.3) is 11.6 Å². The molecular weight excluding hydrogens is 787 g/mol. The Hall–Kier alpha value is -7.58. The Labute approximate surface area is 369 Å². The van der Waals surface area contributed by atoms with Crippen molar-refractivity contribution in [3.05, 3.63) is 196 Å². The summed E-state index contributed by atoms with van der Waals surface area (Å²) in [5.74, 6) is 2.60. The zero-order valence-electron chi connectivity index (χ0n) is 36.9. The molecule has 0 bridgehead atoms. The molecule has 0 aliphatic carbocycles. The van der Waals surface area contributed by atoms with E-state index in [1.807, 2.05) is 70.2 Å². The highest BCUT2D eigenvalue weighted by Crippen LogP contribution is 2.38. The van der Waals surface area contributed by atoms with Crippen molar-refractivity contribution >= 4 is 40.6 Å². The van der Waals surface area contributed by atoms with Crippen LogP contribution in [0.1, 0.15) is 57.0 Å². The molecular formula is C55H51NO7. The number of aryl methyl sites for hydroxylation is 2. The Morgan fingerprint density at radius 3 is 1.41 bits per heavy atom. The maximum Gasteiger partial charge on any atom is 0.349 e. The number of ether oxygens (including phenoxy) is 5. The summed E-state index contributed by atoms with van der Waals surface area (Å²) < 4.78 is 28.7. The molecule has 0 aliphatic rings. The van der Waals surface area contributed by atoms with Crippen LogP contribution < -0.4 is 28.6 Å². The maximum atomic E-state index is 13.1. The van der Waals surface area contributed by atoms with Gasteiger partial charge >= 0.3 is 11.9 Å². The van der Waals surface area contributed by atoms with E-state index < -0.39 is 5.97 Å². The van der Waals surface area contributed by atoms with E-state index in [1.54, 1.807) is 37.4 Å². The van der Waals surface area contributed by atoms with Crippen molar-refractivity contribution in [3.63, 3.8) is 0 Å². The van der Waals surface area contributed by atoms with Gasteiger partial charge in [0.05, 0.1) is 7.11 Å². The molecule has 0 aromatic heterocycles. The summed E-state index contributed by atoms with van der Waals surface area (Å²) in [5.41, 5.74) is 13.0. The Balaban J connectivity index is 1.06. The summed E-state index contributed by atoms with van der Waals surface area (Å²) in [4.78, 5) is 26.8. The van der Waals surface area contributed by atoms with Crippen LogP contribution in [0.2, 0.25) is 0 Å². The van der Waals surface area contributed by atoms with Crippen molar-refractivity contribution in [3.8, 4) is 34.5 Å². The van der Waals surface area contributed by atoms with E-state index in [9.17, 15) is 9.59 Å². The highest BCUT2D eigenvalue weighted by atomic mass is 16.6. The summed E-state index contributed by atoms with van der Waals surface area (Å²) in [5, 5.41) is 0. The van der Waals surface area contributed by atoms with Gasteiger partial charge in [0.1, 0.15) is 34.5 Å². The van der Waals surface area contributed by atoms with Gasteiger partial charge in [-0.15, -0.1) is 0 Å². The normalized spacial score (nSPS) is 11.1. The average Bonchev–Trinajstić information content (AvgIpc) is 3.28. The van der Waals surface area contributed by atoms with Gasteiger partial charge in [-0.05, 0) is 177 Å².